The van der Waals surface area contributed by atoms with Crippen molar-refractivity contribution < 1.29 is 4.42 Å². The molecule has 4 rings (SSSR count). The maximum Gasteiger partial charge on any atom is 0.126 e. The molecule has 0 amide bonds. The quantitative estimate of drug-likeness (QED) is 0.938. The topological polar surface area (TPSA) is 45.1 Å². The van der Waals surface area contributed by atoms with E-state index in [-0.39, 0.29) is 5.54 Å². The van der Waals surface area contributed by atoms with Crippen LogP contribution in [0, 0.1) is 0 Å². The van der Waals surface area contributed by atoms with Crippen LogP contribution in [0.3, 0.4) is 0 Å². The van der Waals surface area contributed by atoms with E-state index in [2.05, 4.69) is 22.0 Å². The Hall–Kier alpha value is -1.81. The van der Waals surface area contributed by atoms with Crippen LogP contribution in [-0.4, -0.2) is 28.0 Å². The number of nitrogens with one attached hydrogen (secondary N) is 1. The first-order valence-corrected chi connectivity index (χ1v) is 8.36. The summed E-state index contributed by atoms with van der Waals surface area (Å²) in [5, 5.41) is 0. The molecule has 1 spiro atoms. The van der Waals surface area contributed by atoms with Gasteiger partial charge >= 0.3 is 0 Å². The molecule has 3 heterocycles. The van der Waals surface area contributed by atoms with Gasteiger partial charge in [-0.1, -0.05) is 25.3 Å². The normalized spacial score (nSPS) is 21.5. The summed E-state index contributed by atoms with van der Waals surface area (Å²) >= 11 is 0. The van der Waals surface area contributed by atoms with E-state index in [0.29, 0.717) is 0 Å². The van der Waals surface area contributed by atoms with Crippen molar-refractivity contribution >= 4 is 6.08 Å². The minimum atomic E-state index is 0.152. The predicted octanol–water partition coefficient (Wildman–Crippen LogP) is 3.73. The third-order valence-electron chi connectivity index (χ3n) is 5.23. The lowest BCUT2D eigenvalue weighted by molar-refractivity contribution is 0.0437. The lowest BCUT2D eigenvalue weighted by Gasteiger charge is -2.48. The summed E-state index contributed by atoms with van der Waals surface area (Å²) < 4.78 is 5.38. The molecule has 2 aliphatic rings. The van der Waals surface area contributed by atoms with Crippen molar-refractivity contribution in [3.63, 3.8) is 0 Å². The number of aromatic amines is 1. The summed E-state index contributed by atoms with van der Waals surface area (Å²) in [5.41, 5.74) is 2.82. The fourth-order valence-electron chi connectivity index (χ4n) is 4.16. The third kappa shape index (κ3) is 2.31. The molecule has 0 bridgehead atoms. The SMILES string of the molecule is C(=C\c1ccco1)/CN1CCc2[nH]cnc2C12CCCCC2. The Kier molecular flexibility index (Phi) is 3.62. The van der Waals surface area contributed by atoms with Gasteiger partial charge in [-0.15, -0.1) is 0 Å². The van der Waals surface area contributed by atoms with Crippen molar-refractivity contribution in [2.45, 2.75) is 44.1 Å². The van der Waals surface area contributed by atoms with Crippen molar-refractivity contribution in [2.75, 3.05) is 13.1 Å². The van der Waals surface area contributed by atoms with E-state index < -0.39 is 0 Å². The first-order chi connectivity index (χ1) is 10.9. The molecule has 2 aromatic heterocycles. The number of aromatic nitrogens is 2. The smallest absolute Gasteiger partial charge is 0.126 e. The summed E-state index contributed by atoms with van der Waals surface area (Å²) in [6, 6.07) is 3.92. The zero-order valence-corrected chi connectivity index (χ0v) is 12.9. The zero-order valence-electron chi connectivity index (χ0n) is 12.9. The van der Waals surface area contributed by atoms with E-state index >= 15 is 0 Å². The predicted molar refractivity (Wildman–Crippen MR) is 86.4 cm³/mol. The highest BCUT2D eigenvalue weighted by Gasteiger charge is 2.44. The van der Waals surface area contributed by atoms with Gasteiger partial charge in [0.25, 0.3) is 0 Å². The molecule has 1 saturated carbocycles. The first kappa shape index (κ1) is 13.8. The Morgan fingerprint density at radius 3 is 3.05 bits per heavy atom. The molecule has 0 saturated heterocycles. The number of fused-ring (bicyclic) bond motifs is 2. The second-order valence-corrected chi connectivity index (χ2v) is 6.44. The lowest BCUT2D eigenvalue weighted by atomic mass is 9.75. The molecule has 0 atom stereocenters. The largest absolute Gasteiger partial charge is 0.465 e. The number of rotatable bonds is 3. The van der Waals surface area contributed by atoms with Crippen molar-refractivity contribution in [1.29, 1.82) is 0 Å². The second-order valence-electron chi connectivity index (χ2n) is 6.44. The fourth-order valence-corrected chi connectivity index (χ4v) is 4.16. The van der Waals surface area contributed by atoms with Gasteiger partial charge < -0.3 is 9.40 Å². The molecule has 1 aliphatic carbocycles. The summed E-state index contributed by atoms with van der Waals surface area (Å²) in [6.45, 7) is 2.07. The molecule has 116 valence electrons. The summed E-state index contributed by atoms with van der Waals surface area (Å²) in [6.07, 6.45) is 15.4. The van der Waals surface area contributed by atoms with Crippen LogP contribution in [0.2, 0.25) is 0 Å². The molecule has 1 N–H and O–H groups in total. The Balaban J connectivity index is 1.58. The Labute approximate surface area is 131 Å². The molecule has 22 heavy (non-hydrogen) atoms. The third-order valence-corrected chi connectivity index (χ3v) is 5.23. The number of hydrogen-bond donors (Lipinski definition) is 1. The van der Waals surface area contributed by atoms with E-state index in [1.807, 2.05) is 18.5 Å². The van der Waals surface area contributed by atoms with Gasteiger partial charge in [-0.25, -0.2) is 4.98 Å². The van der Waals surface area contributed by atoms with Crippen molar-refractivity contribution in [3.05, 3.63) is 47.9 Å². The maximum atomic E-state index is 5.38. The molecule has 0 aromatic carbocycles. The van der Waals surface area contributed by atoms with E-state index in [1.165, 1.54) is 43.5 Å². The van der Waals surface area contributed by atoms with Gasteiger partial charge in [0.15, 0.2) is 0 Å². The molecule has 2 aromatic rings. The van der Waals surface area contributed by atoms with Crippen molar-refractivity contribution in [1.82, 2.24) is 14.9 Å². The van der Waals surface area contributed by atoms with Gasteiger partial charge in [0, 0.05) is 25.2 Å². The van der Waals surface area contributed by atoms with Crippen LogP contribution >= 0.6 is 0 Å². The highest BCUT2D eigenvalue weighted by molar-refractivity contribution is 5.42. The van der Waals surface area contributed by atoms with E-state index in [4.69, 9.17) is 9.40 Å². The summed E-state index contributed by atoms with van der Waals surface area (Å²) in [5.74, 6) is 0.926. The minimum absolute atomic E-state index is 0.152. The number of nitrogens with zero attached hydrogens (tertiary/aromatic N) is 2. The molecule has 4 heteroatoms. The lowest BCUT2D eigenvalue weighted by Crippen LogP contribution is -2.51. The van der Waals surface area contributed by atoms with E-state index in [0.717, 1.165) is 25.3 Å². The minimum Gasteiger partial charge on any atom is -0.465 e. The molecule has 0 unspecified atom stereocenters. The van der Waals surface area contributed by atoms with Crippen molar-refractivity contribution in [3.8, 4) is 0 Å². The van der Waals surface area contributed by atoms with Crippen LogP contribution in [0.15, 0.2) is 35.2 Å². The number of furan rings is 1. The molecule has 1 fully saturated rings. The number of imidazole rings is 1. The Bertz CT molecular complexity index is 635. The van der Waals surface area contributed by atoms with Gasteiger partial charge in [-0.05, 0) is 31.1 Å². The van der Waals surface area contributed by atoms with Crippen LogP contribution in [0.1, 0.15) is 49.3 Å². The average Bonchev–Trinajstić information content (AvgIpc) is 3.22. The van der Waals surface area contributed by atoms with E-state index in [1.54, 1.807) is 6.26 Å². The Morgan fingerprint density at radius 2 is 2.23 bits per heavy atom. The highest BCUT2D eigenvalue weighted by atomic mass is 16.3. The number of H-pyrrole nitrogens is 1. The van der Waals surface area contributed by atoms with Gasteiger partial charge in [-0.3, -0.25) is 4.90 Å². The number of hydrogen-bond acceptors (Lipinski definition) is 3. The Morgan fingerprint density at radius 1 is 1.32 bits per heavy atom. The van der Waals surface area contributed by atoms with Crippen LogP contribution < -0.4 is 0 Å². The molecule has 1 aliphatic heterocycles. The monoisotopic (exact) mass is 297 g/mol. The molecule has 4 nitrogen and oxygen atoms in total. The van der Waals surface area contributed by atoms with Gasteiger partial charge in [0.05, 0.1) is 23.8 Å². The van der Waals surface area contributed by atoms with Crippen LogP contribution in [0.25, 0.3) is 6.08 Å². The van der Waals surface area contributed by atoms with Gasteiger partial charge in [0.2, 0.25) is 0 Å². The van der Waals surface area contributed by atoms with Gasteiger partial charge in [0.1, 0.15) is 5.76 Å². The average molecular weight is 297 g/mol. The van der Waals surface area contributed by atoms with Crippen molar-refractivity contribution in [2.24, 2.45) is 0 Å². The maximum absolute atomic E-state index is 5.38. The standard InChI is InChI=1S/C18H23N3O/c1-2-9-18(10-3-1)17-16(19-14-20-17)8-12-21(18)11-4-6-15-7-5-13-22-15/h4-7,13-14H,1-3,8-12H2,(H,19,20)/b6-4+. The summed E-state index contributed by atoms with van der Waals surface area (Å²) in [4.78, 5) is 10.7. The highest BCUT2D eigenvalue weighted by Crippen LogP contribution is 2.44. The second kappa shape index (κ2) is 5.76. The van der Waals surface area contributed by atoms with Gasteiger partial charge in [-0.2, -0.15) is 0 Å². The van der Waals surface area contributed by atoms with E-state index in [9.17, 15) is 0 Å². The summed E-state index contributed by atoms with van der Waals surface area (Å²) in [7, 11) is 0. The molecular formula is C18H23N3O. The van der Waals surface area contributed by atoms with Crippen LogP contribution in [0.4, 0.5) is 0 Å². The van der Waals surface area contributed by atoms with Crippen LogP contribution in [0.5, 0.6) is 0 Å². The van der Waals surface area contributed by atoms with Crippen LogP contribution in [-0.2, 0) is 12.0 Å². The zero-order chi connectivity index (χ0) is 14.8. The molecule has 0 radical (unpaired) electrons. The molecular weight excluding hydrogens is 274 g/mol. The fraction of sp³-hybridized carbons (Fsp3) is 0.500. The first-order valence-electron chi connectivity index (χ1n) is 8.36.